The molecule has 1 atom stereocenters. The van der Waals surface area contributed by atoms with Gasteiger partial charge in [-0.05, 0) is 37.1 Å². The van der Waals surface area contributed by atoms with Gasteiger partial charge in [-0.1, -0.05) is 18.2 Å². The molecule has 0 bridgehead atoms. The number of halogens is 3. The molecule has 0 aliphatic carbocycles. The summed E-state index contributed by atoms with van der Waals surface area (Å²) in [6.45, 7) is 0.839. The molecule has 6 heteroatoms. The largest absolute Gasteiger partial charge is 0.372 e. The Bertz CT molecular complexity index is 766. The lowest BCUT2D eigenvalue weighted by Gasteiger charge is -2.32. The molecule has 0 aromatic heterocycles. The van der Waals surface area contributed by atoms with Gasteiger partial charge in [0, 0.05) is 24.2 Å². The first-order chi connectivity index (χ1) is 12.0. The number of benzene rings is 2. The van der Waals surface area contributed by atoms with Crippen molar-refractivity contribution in [3.05, 3.63) is 71.0 Å². The van der Waals surface area contributed by atoms with E-state index in [1.165, 1.54) is 30.3 Å². The lowest BCUT2D eigenvalue weighted by molar-refractivity contribution is -0.00777. The number of amides is 1. The Kier molecular flexibility index (Phi) is 5.38. The average molecular weight is 349 g/mol. The van der Waals surface area contributed by atoms with Gasteiger partial charge in [-0.15, -0.1) is 0 Å². The summed E-state index contributed by atoms with van der Waals surface area (Å²) >= 11 is 0. The van der Waals surface area contributed by atoms with Crippen LogP contribution in [0.1, 0.15) is 28.8 Å². The Morgan fingerprint density at radius 2 is 1.96 bits per heavy atom. The van der Waals surface area contributed by atoms with Crippen molar-refractivity contribution >= 4 is 5.91 Å². The van der Waals surface area contributed by atoms with Crippen molar-refractivity contribution in [3.63, 3.8) is 0 Å². The van der Waals surface area contributed by atoms with E-state index in [2.05, 4.69) is 0 Å². The maximum atomic E-state index is 13.7. The zero-order valence-corrected chi connectivity index (χ0v) is 13.6. The Morgan fingerprint density at radius 1 is 1.16 bits per heavy atom. The van der Waals surface area contributed by atoms with Crippen LogP contribution in [0.3, 0.4) is 0 Å². The number of carbonyl (C=O) groups excluding carboxylic acids is 1. The molecule has 2 aromatic carbocycles. The number of hydrogen-bond acceptors (Lipinski definition) is 2. The Labute approximate surface area is 144 Å². The van der Waals surface area contributed by atoms with Gasteiger partial charge in [0.1, 0.15) is 5.82 Å². The molecule has 1 aliphatic heterocycles. The minimum atomic E-state index is -0.911. The van der Waals surface area contributed by atoms with Crippen LogP contribution < -0.4 is 0 Å². The van der Waals surface area contributed by atoms with Crippen LogP contribution in [0.25, 0.3) is 0 Å². The van der Waals surface area contributed by atoms with E-state index in [1.54, 1.807) is 11.0 Å². The molecule has 25 heavy (non-hydrogen) atoms. The molecule has 1 fully saturated rings. The number of ether oxygens (including phenoxy) is 1. The number of likely N-dealkylation sites (tertiary alicyclic amines) is 1. The smallest absolute Gasteiger partial charge is 0.254 e. The Balaban J connectivity index is 1.61. The van der Waals surface area contributed by atoms with E-state index in [0.29, 0.717) is 13.1 Å². The minimum Gasteiger partial charge on any atom is -0.372 e. The highest BCUT2D eigenvalue weighted by atomic mass is 19.2. The molecular weight excluding hydrogens is 331 g/mol. The Hall–Kier alpha value is -2.34. The van der Waals surface area contributed by atoms with E-state index in [9.17, 15) is 18.0 Å². The third kappa shape index (κ3) is 4.20. The summed E-state index contributed by atoms with van der Waals surface area (Å²) in [6, 6.07) is 9.50. The topological polar surface area (TPSA) is 29.5 Å². The summed E-state index contributed by atoms with van der Waals surface area (Å²) in [4.78, 5) is 14.1. The second-order valence-corrected chi connectivity index (χ2v) is 6.05. The molecule has 0 saturated carbocycles. The molecule has 3 rings (SSSR count). The molecule has 0 spiro atoms. The van der Waals surface area contributed by atoms with Gasteiger partial charge in [-0.3, -0.25) is 4.79 Å². The second kappa shape index (κ2) is 7.70. The molecule has 0 radical (unpaired) electrons. The number of carbonyl (C=O) groups is 1. The Morgan fingerprint density at radius 3 is 2.76 bits per heavy atom. The minimum absolute atomic E-state index is 0.0593. The van der Waals surface area contributed by atoms with Crippen molar-refractivity contribution in [2.24, 2.45) is 0 Å². The van der Waals surface area contributed by atoms with Crippen molar-refractivity contribution in [1.29, 1.82) is 0 Å². The van der Waals surface area contributed by atoms with Crippen molar-refractivity contribution < 1.29 is 22.7 Å². The number of piperidine rings is 1. The van der Waals surface area contributed by atoms with E-state index < -0.39 is 17.5 Å². The molecule has 1 aliphatic rings. The van der Waals surface area contributed by atoms with Gasteiger partial charge in [0.15, 0.2) is 11.6 Å². The highest BCUT2D eigenvalue weighted by Crippen LogP contribution is 2.19. The summed E-state index contributed by atoms with van der Waals surface area (Å²) in [7, 11) is 0. The van der Waals surface area contributed by atoms with Crippen molar-refractivity contribution in [1.82, 2.24) is 4.90 Å². The highest BCUT2D eigenvalue weighted by molar-refractivity contribution is 5.94. The molecule has 2 aromatic rings. The van der Waals surface area contributed by atoms with Gasteiger partial charge in [0.05, 0.1) is 12.7 Å². The molecule has 1 unspecified atom stereocenters. The maximum absolute atomic E-state index is 13.7. The average Bonchev–Trinajstić information content (AvgIpc) is 2.62. The van der Waals surface area contributed by atoms with Crippen LogP contribution >= 0.6 is 0 Å². The molecular formula is C19H18F3NO2. The molecule has 3 nitrogen and oxygen atoms in total. The number of rotatable bonds is 4. The van der Waals surface area contributed by atoms with Crippen LogP contribution in [0, 0.1) is 17.5 Å². The van der Waals surface area contributed by atoms with E-state index in [0.717, 1.165) is 18.9 Å². The first kappa shape index (κ1) is 17.5. The van der Waals surface area contributed by atoms with Gasteiger partial charge in [0.25, 0.3) is 5.91 Å². The van der Waals surface area contributed by atoms with Crippen molar-refractivity contribution in [2.75, 3.05) is 13.1 Å². The summed E-state index contributed by atoms with van der Waals surface area (Å²) < 4.78 is 45.8. The summed E-state index contributed by atoms with van der Waals surface area (Å²) in [5, 5.41) is 0. The summed E-state index contributed by atoms with van der Waals surface area (Å²) in [5.41, 5.74) is 0.436. The van der Waals surface area contributed by atoms with Crippen LogP contribution in [-0.2, 0) is 11.3 Å². The normalized spacial score (nSPS) is 17.6. The monoisotopic (exact) mass is 349 g/mol. The van der Waals surface area contributed by atoms with E-state index in [-0.39, 0.29) is 29.7 Å². The van der Waals surface area contributed by atoms with Gasteiger partial charge in [-0.25, -0.2) is 13.2 Å². The fourth-order valence-corrected chi connectivity index (χ4v) is 2.93. The van der Waals surface area contributed by atoms with Gasteiger partial charge in [0.2, 0.25) is 0 Å². The standard InChI is InChI=1S/C19H18F3NO2/c20-15-6-1-4-13(10-15)19(24)23-9-3-7-16(11-23)25-12-14-5-2-8-17(21)18(14)22/h1-2,4-6,8,10,16H,3,7,9,11-12H2. The first-order valence-electron chi connectivity index (χ1n) is 8.14. The van der Waals surface area contributed by atoms with Crippen LogP contribution in [-0.4, -0.2) is 30.0 Å². The van der Waals surface area contributed by atoms with Gasteiger partial charge >= 0.3 is 0 Å². The third-order valence-corrected chi connectivity index (χ3v) is 4.24. The van der Waals surface area contributed by atoms with Crippen LogP contribution in [0.15, 0.2) is 42.5 Å². The lowest BCUT2D eigenvalue weighted by atomic mass is 10.1. The molecule has 1 heterocycles. The summed E-state index contributed by atoms with van der Waals surface area (Å²) in [5.74, 6) is -2.54. The number of nitrogens with zero attached hydrogens (tertiary/aromatic N) is 1. The molecule has 1 saturated heterocycles. The molecule has 132 valence electrons. The van der Waals surface area contributed by atoms with Gasteiger partial charge < -0.3 is 9.64 Å². The second-order valence-electron chi connectivity index (χ2n) is 6.05. The van der Waals surface area contributed by atoms with Crippen LogP contribution in [0.5, 0.6) is 0 Å². The zero-order chi connectivity index (χ0) is 17.8. The zero-order valence-electron chi connectivity index (χ0n) is 13.6. The van der Waals surface area contributed by atoms with Crippen LogP contribution in [0.2, 0.25) is 0 Å². The van der Waals surface area contributed by atoms with Crippen LogP contribution in [0.4, 0.5) is 13.2 Å². The van der Waals surface area contributed by atoms with E-state index >= 15 is 0 Å². The first-order valence-corrected chi connectivity index (χ1v) is 8.14. The highest BCUT2D eigenvalue weighted by Gasteiger charge is 2.25. The predicted molar refractivity (Wildman–Crippen MR) is 86.5 cm³/mol. The van der Waals surface area contributed by atoms with Crippen molar-refractivity contribution in [3.8, 4) is 0 Å². The number of hydrogen-bond donors (Lipinski definition) is 0. The third-order valence-electron chi connectivity index (χ3n) is 4.24. The summed E-state index contributed by atoms with van der Waals surface area (Å²) in [6.07, 6.45) is 1.19. The van der Waals surface area contributed by atoms with Crippen molar-refractivity contribution in [2.45, 2.75) is 25.6 Å². The fourth-order valence-electron chi connectivity index (χ4n) is 2.93. The fraction of sp³-hybridized carbons (Fsp3) is 0.316. The van der Waals surface area contributed by atoms with E-state index in [1.807, 2.05) is 0 Å². The van der Waals surface area contributed by atoms with E-state index in [4.69, 9.17) is 4.74 Å². The molecule has 1 amide bonds. The van der Waals surface area contributed by atoms with Gasteiger partial charge in [-0.2, -0.15) is 0 Å². The molecule has 0 N–H and O–H groups in total. The quantitative estimate of drug-likeness (QED) is 0.837. The SMILES string of the molecule is O=C(c1cccc(F)c1)N1CCCC(OCc2cccc(F)c2F)C1. The predicted octanol–water partition coefficient (Wildman–Crippen LogP) is 3.93. The maximum Gasteiger partial charge on any atom is 0.254 e. The lowest BCUT2D eigenvalue weighted by Crippen LogP contribution is -2.43.